The fourth-order valence-corrected chi connectivity index (χ4v) is 1.75. The predicted molar refractivity (Wildman–Crippen MR) is 78.5 cm³/mol. The molecule has 0 bridgehead atoms. The maximum absolute atomic E-state index is 11.1. The molecule has 0 saturated carbocycles. The van der Waals surface area contributed by atoms with Crippen LogP contribution >= 0.6 is 0 Å². The first kappa shape index (κ1) is 16.8. The van der Waals surface area contributed by atoms with Crippen molar-refractivity contribution in [2.24, 2.45) is 0 Å². The Morgan fingerprint density at radius 3 is 2.52 bits per heavy atom. The third kappa shape index (κ3) is 6.12. The summed E-state index contributed by atoms with van der Waals surface area (Å²) in [7, 11) is 0. The highest BCUT2D eigenvalue weighted by Gasteiger charge is 2.10. The molecule has 1 aromatic rings. The quantitative estimate of drug-likeness (QED) is 0.430. The van der Waals surface area contributed by atoms with E-state index < -0.39 is 11.9 Å². The Kier molecular flexibility index (Phi) is 7.01. The normalized spacial score (nSPS) is 11.5. The molecule has 114 valence electrons. The van der Waals surface area contributed by atoms with Crippen LogP contribution in [0.15, 0.2) is 36.9 Å². The second-order valence-electron chi connectivity index (χ2n) is 4.49. The molecule has 0 saturated heterocycles. The van der Waals surface area contributed by atoms with E-state index in [2.05, 4.69) is 6.58 Å². The zero-order chi connectivity index (χ0) is 15.7. The lowest BCUT2D eigenvalue weighted by Crippen LogP contribution is -2.16. The summed E-state index contributed by atoms with van der Waals surface area (Å²) in [6.45, 7) is 5.79. The van der Waals surface area contributed by atoms with E-state index in [0.29, 0.717) is 18.8 Å². The molecule has 1 unspecified atom stereocenters. The Balaban J connectivity index is 2.31. The minimum Gasteiger partial charge on any atom is -0.494 e. The van der Waals surface area contributed by atoms with Crippen LogP contribution < -0.4 is 4.74 Å². The zero-order valence-corrected chi connectivity index (χ0v) is 12.1. The summed E-state index contributed by atoms with van der Waals surface area (Å²) < 4.78 is 10.7. The molecule has 0 heterocycles. The van der Waals surface area contributed by atoms with Gasteiger partial charge in [0.15, 0.2) is 0 Å². The van der Waals surface area contributed by atoms with Gasteiger partial charge in [0.25, 0.3) is 0 Å². The Morgan fingerprint density at radius 1 is 1.33 bits per heavy atom. The van der Waals surface area contributed by atoms with Crippen LogP contribution in [-0.4, -0.2) is 29.8 Å². The number of rotatable bonds is 9. The average Bonchev–Trinajstić information content (AvgIpc) is 2.50. The second kappa shape index (κ2) is 8.79. The largest absolute Gasteiger partial charge is 0.494 e. The molecule has 1 atom stereocenters. The molecule has 0 aliphatic rings. The van der Waals surface area contributed by atoms with Crippen molar-refractivity contribution in [1.82, 2.24) is 0 Å². The summed E-state index contributed by atoms with van der Waals surface area (Å²) in [5.41, 5.74) is 0.227. The zero-order valence-electron chi connectivity index (χ0n) is 12.1. The maximum Gasteiger partial charge on any atom is 0.335 e. The standard InChI is InChI=1S/C16H20O5/c1-3-13(21-15(17)4-2)6-5-11-20-14-9-7-12(8-10-14)16(18)19/h4,7-10,13H,2-3,5-6,11H2,1H3,(H,18,19). The highest BCUT2D eigenvalue weighted by atomic mass is 16.5. The van der Waals surface area contributed by atoms with Crippen LogP contribution in [0.2, 0.25) is 0 Å². The van der Waals surface area contributed by atoms with Crippen LogP contribution in [0, 0.1) is 0 Å². The van der Waals surface area contributed by atoms with E-state index in [-0.39, 0.29) is 11.7 Å². The Hall–Kier alpha value is -2.30. The van der Waals surface area contributed by atoms with Crippen LogP contribution in [0.25, 0.3) is 0 Å². The summed E-state index contributed by atoms with van der Waals surface area (Å²) >= 11 is 0. The van der Waals surface area contributed by atoms with Crippen LogP contribution in [-0.2, 0) is 9.53 Å². The number of hydrogen-bond donors (Lipinski definition) is 1. The molecule has 1 aromatic carbocycles. The van der Waals surface area contributed by atoms with Crippen molar-refractivity contribution < 1.29 is 24.2 Å². The summed E-state index contributed by atoms with van der Waals surface area (Å²) in [5, 5.41) is 8.78. The summed E-state index contributed by atoms with van der Waals surface area (Å²) in [6, 6.07) is 6.24. The van der Waals surface area contributed by atoms with Gasteiger partial charge in [0, 0.05) is 6.08 Å². The van der Waals surface area contributed by atoms with Crippen molar-refractivity contribution in [2.75, 3.05) is 6.61 Å². The van der Waals surface area contributed by atoms with Gasteiger partial charge in [0.2, 0.25) is 0 Å². The number of benzene rings is 1. The van der Waals surface area contributed by atoms with Crippen molar-refractivity contribution >= 4 is 11.9 Å². The smallest absolute Gasteiger partial charge is 0.335 e. The summed E-state index contributed by atoms with van der Waals surface area (Å²) in [6.07, 6.45) is 3.22. The molecule has 0 fully saturated rings. The van der Waals surface area contributed by atoms with Gasteiger partial charge in [-0.1, -0.05) is 13.5 Å². The highest BCUT2D eigenvalue weighted by molar-refractivity contribution is 5.87. The lowest BCUT2D eigenvalue weighted by Gasteiger charge is -2.15. The van der Waals surface area contributed by atoms with Crippen LogP contribution in [0.3, 0.4) is 0 Å². The first-order chi connectivity index (χ1) is 10.1. The molecule has 0 aliphatic carbocycles. The first-order valence-electron chi connectivity index (χ1n) is 6.86. The summed E-state index contributed by atoms with van der Waals surface area (Å²) in [4.78, 5) is 21.8. The molecule has 21 heavy (non-hydrogen) atoms. The molecule has 5 heteroatoms. The van der Waals surface area contributed by atoms with Crippen LogP contribution in [0.4, 0.5) is 0 Å². The lowest BCUT2D eigenvalue weighted by molar-refractivity contribution is -0.143. The molecule has 1 rings (SSSR count). The number of hydrogen-bond acceptors (Lipinski definition) is 4. The average molecular weight is 292 g/mol. The second-order valence-corrected chi connectivity index (χ2v) is 4.49. The van der Waals surface area contributed by atoms with Gasteiger partial charge in [-0.25, -0.2) is 9.59 Å². The number of carboxylic acids is 1. The molecule has 0 aliphatic heterocycles. The molecular formula is C16H20O5. The van der Waals surface area contributed by atoms with E-state index in [1.807, 2.05) is 6.92 Å². The van der Waals surface area contributed by atoms with Gasteiger partial charge in [-0.15, -0.1) is 0 Å². The van der Waals surface area contributed by atoms with Gasteiger partial charge in [-0.05, 0) is 43.5 Å². The number of carboxylic acid groups (broad SMARTS) is 1. The minimum absolute atomic E-state index is 0.131. The highest BCUT2D eigenvalue weighted by Crippen LogP contribution is 2.14. The van der Waals surface area contributed by atoms with Crippen molar-refractivity contribution in [3.63, 3.8) is 0 Å². The van der Waals surface area contributed by atoms with E-state index in [4.69, 9.17) is 14.6 Å². The molecule has 5 nitrogen and oxygen atoms in total. The van der Waals surface area contributed by atoms with Crippen LogP contribution in [0.1, 0.15) is 36.5 Å². The number of aromatic carboxylic acids is 1. The minimum atomic E-state index is -0.962. The maximum atomic E-state index is 11.1. The SMILES string of the molecule is C=CC(=O)OC(CC)CCCOc1ccc(C(=O)O)cc1. The van der Waals surface area contributed by atoms with Gasteiger partial charge in [-0.3, -0.25) is 0 Å². The third-order valence-electron chi connectivity index (χ3n) is 2.95. The van der Waals surface area contributed by atoms with Crippen molar-refractivity contribution in [1.29, 1.82) is 0 Å². The van der Waals surface area contributed by atoms with E-state index in [9.17, 15) is 9.59 Å². The fourth-order valence-electron chi connectivity index (χ4n) is 1.75. The Labute approximate surface area is 124 Å². The topological polar surface area (TPSA) is 72.8 Å². The third-order valence-corrected chi connectivity index (χ3v) is 2.95. The van der Waals surface area contributed by atoms with Crippen molar-refractivity contribution in [3.05, 3.63) is 42.5 Å². The Morgan fingerprint density at radius 2 is 2.00 bits per heavy atom. The molecule has 0 aromatic heterocycles. The van der Waals surface area contributed by atoms with Gasteiger partial charge >= 0.3 is 11.9 Å². The van der Waals surface area contributed by atoms with Gasteiger partial charge in [-0.2, -0.15) is 0 Å². The molecular weight excluding hydrogens is 272 g/mol. The summed E-state index contributed by atoms with van der Waals surface area (Å²) in [5.74, 6) is -0.750. The number of ether oxygens (including phenoxy) is 2. The van der Waals surface area contributed by atoms with E-state index >= 15 is 0 Å². The van der Waals surface area contributed by atoms with E-state index in [1.54, 1.807) is 12.1 Å². The molecule has 0 amide bonds. The van der Waals surface area contributed by atoms with Gasteiger partial charge in [0.1, 0.15) is 11.9 Å². The monoisotopic (exact) mass is 292 g/mol. The molecule has 0 spiro atoms. The van der Waals surface area contributed by atoms with Gasteiger partial charge < -0.3 is 14.6 Å². The lowest BCUT2D eigenvalue weighted by atomic mass is 10.1. The van der Waals surface area contributed by atoms with Crippen molar-refractivity contribution in [2.45, 2.75) is 32.3 Å². The fraction of sp³-hybridized carbons (Fsp3) is 0.375. The molecule has 1 N–H and O–H groups in total. The predicted octanol–water partition coefficient (Wildman–Crippen LogP) is 3.05. The first-order valence-corrected chi connectivity index (χ1v) is 6.86. The Bertz CT molecular complexity index is 478. The van der Waals surface area contributed by atoms with Crippen LogP contribution in [0.5, 0.6) is 5.75 Å². The van der Waals surface area contributed by atoms with Crippen molar-refractivity contribution in [3.8, 4) is 5.75 Å². The molecule has 0 radical (unpaired) electrons. The number of carbonyl (C=O) groups excluding carboxylic acids is 1. The van der Waals surface area contributed by atoms with E-state index in [0.717, 1.165) is 18.9 Å². The van der Waals surface area contributed by atoms with Gasteiger partial charge in [0.05, 0.1) is 12.2 Å². The number of esters is 1. The van der Waals surface area contributed by atoms with E-state index in [1.165, 1.54) is 12.1 Å². The number of carbonyl (C=O) groups is 2.